The van der Waals surface area contributed by atoms with E-state index in [0.29, 0.717) is 0 Å². The number of hydrogen-bond acceptors (Lipinski definition) is 4. The van der Waals surface area contributed by atoms with Crippen molar-refractivity contribution in [3.05, 3.63) is 65.7 Å². The van der Waals surface area contributed by atoms with Gasteiger partial charge in [0.15, 0.2) is 0 Å². The third-order valence-electron chi connectivity index (χ3n) is 4.76. The molecule has 1 aliphatic rings. The van der Waals surface area contributed by atoms with Crippen molar-refractivity contribution in [3.8, 4) is 0 Å². The van der Waals surface area contributed by atoms with Gasteiger partial charge in [0.05, 0.1) is 11.4 Å². The Hall–Kier alpha value is -2.43. The van der Waals surface area contributed by atoms with E-state index < -0.39 is 28.7 Å². The summed E-state index contributed by atoms with van der Waals surface area (Å²) in [5, 5.41) is 0. The fraction of sp³-hybridized carbons (Fsp3) is 0.350. The summed E-state index contributed by atoms with van der Waals surface area (Å²) in [5.74, 6) is -0.401. The van der Waals surface area contributed by atoms with E-state index in [9.17, 15) is 26.4 Å². The van der Waals surface area contributed by atoms with Crippen LogP contribution in [0.15, 0.2) is 59.5 Å². The van der Waals surface area contributed by atoms with Gasteiger partial charge in [0.1, 0.15) is 0 Å². The second kappa shape index (κ2) is 9.15. The van der Waals surface area contributed by atoms with Crippen LogP contribution in [0.4, 0.5) is 13.2 Å². The lowest BCUT2D eigenvalue weighted by Crippen LogP contribution is -2.50. The molecule has 1 saturated heterocycles. The van der Waals surface area contributed by atoms with E-state index in [1.807, 2.05) is 6.07 Å². The molecule has 0 unspecified atom stereocenters. The summed E-state index contributed by atoms with van der Waals surface area (Å²) in [7, 11) is -3.83. The first-order valence-electron chi connectivity index (χ1n) is 9.36. The monoisotopic (exact) mass is 441 g/mol. The number of nitrogens with zero attached hydrogens (tertiary/aromatic N) is 2. The predicted octanol–water partition coefficient (Wildman–Crippen LogP) is 2.49. The number of carbonyl (C=O) groups is 1. The van der Waals surface area contributed by atoms with E-state index in [2.05, 4.69) is 4.72 Å². The number of halogens is 3. The zero-order chi connectivity index (χ0) is 21.8. The molecule has 3 rings (SSSR count). The molecule has 1 fully saturated rings. The Morgan fingerprint density at radius 2 is 1.63 bits per heavy atom. The van der Waals surface area contributed by atoms with Crippen LogP contribution < -0.4 is 4.72 Å². The molecule has 0 atom stereocenters. The summed E-state index contributed by atoms with van der Waals surface area (Å²) < 4.78 is 65.2. The Morgan fingerprint density at radius 3 is 2.27 bits per heavy atom. The van der Waals surface area contributed by atoms with Gasteiger partial charge in [-0.2, -0.15) is 13.2 Å². The molecule has 1 N–H and O–H groups in total. The van der Waals surface area contributed by atoms with Crippen LogP contribution in [-0.2, 0) is 16.6 Å². The zero-order valence-electron chi connectivity index (χ0n) is 16.1. The van der Waals surface area contributed by atoms with Gasteiger partial charge in [-0.15, -0.1) is 0 Å². The van der Waals surface area contributed by atoms with Gasteiger partial charge in [0.25, 0.3) is 5.91 Å². The van der Waals surface area contributed by atoms with Crippen LogP contribution in [0, 0.1) is 0 Å². The summed E-state index contributed by atoms with van der Waals surface area (Å²) >= 11 is 0. The van der Waals surface area contributed by atoms with Gasteiger partial charge in [0.2, 0.25) is 10.0 Å². The Balaban J connectivity index is 1.64. The molecule has 0 spiro atoms. The molecule has 162 valence electrons. The van der Waals surface area contributed by atoms with Crippen LogP contribution in [0.2, 0.25) is 0 Å². The van der Waals surface area contributed by atoms with E-state index in [1.165, 1.54) is 34.1 Å². The summed E-state index contributed by atoms with van der Waals surface area (Å²) in [6.45, 7) is -0.363. The van der Waals surface area contributed by atoms with Crippen LogP contribution in [-0.4, -0.2) is 63.0 Å². The van der Waals surface area contributed by atoms with Crippen LogP contribution in [0.3, 0.4) is 0 Å². The van der Waals surface area contributed by atoms with Crippen LogP contribution in [0.5, 0.6) is 0 Å². The molecule has 10 heteroatoms. The number of benzene rings is 2. The third kappa shape index (κ3) is 6.04. The summed E-state index contributed by atoms with van der Waals surface area (Å²) in [4.78, 5) is 15.4. The van der Waals surface area contributed by atoms with Crippen LogP contribution >= 0.6 is 0 Å². The summed E-state index contributed by atoms with van der Waals surface area (Å²) in [5.41, 5.74) is 0.979. The van der Waals surface area contributed by atoms with Gasteiger partial charge in [0, 0.05) is 38.3 Å². The number of amides is 1. The second-order valence-corrected chi connectivity index (χ2v) is 8.79. The SMILES string of the molecule is O=C(c1cccc(S(=O)(=O)NCc2ccccc2)c1)N1CCN(CC(F)(F)F)CC1. The largest absolute Gasteiger partial charge is 0.401 e. The Bertz CT molecular complexity index is 974. The average molecular weight is 441 g/mol. The number of rotatable bonds is 6. The molecule has 2 aromatic rings. The minimum Gasteiger partial charge on any atom is -0.336 e. The fourth-order valence-corrected chi connectivity index (χ4v) is 4.26. The van der Waals surface area contributed by atoms with Gasteiger partial charge in [-0.1, -0.05) is 36.4 Å². The Morgan fingerprint density at radius 1 is 0.967 bits per heavy atom. The van der Waals surface area contributed by atoms with E-state index in [1.54, 1.807) is 24.3 Å². The van der Waals surface area contributed by atoms with Crippen molar-refractivity contribution in [2.75, 3.05) is 32.7 Å². The number of carbonyl (C=O) groups excluding carboxylic acids is 1. The quantitative estimate of drug-likeness (QED) is 0.748. The first-order chi connectivity index (χ1) is 14.1. The molecule has 0 bridgehead atoms. The van der Waals surface area contributed by atoms with E-state index in [4.69, 9.17) is 0 Å². The highest BCUT2D eigenvalue weighted by Gasteiger charge is 2.33. The van der Waals surface area contributed by atoms with Crippen molar-refractivity contribution >= 4 is 15.9 Å². The van der Waals surface area contributed by atoms with Gasteiger partial charge in [-0.25, -0.2) is 13.1 Å². The highest BCUT2D eigenvalue weighted by atomic mass is 32.2. The maximum atomic E-state index is 12.7. The lowest BCUT2D eigenvalue weighted by molar-refractivity contribution is -0.148. The molecular formula is C20H22F3N3O3S. The molecule has 30 heavy (non-hydrogen) atoms. The number of piperazine rings is 1. The molecule has 2 aromatic carbocycles. The van der Waals surface area contributed by atoms with Gasteiger partial charge < -0.3 is 4.90 Å². The summed E-state index contributed by atoms with van der Waals surface area (Å²) in [6.07, 6.45) is -4.28. The van der Waals surface area contributed by atoms with Crippen molar-refractivity contribution in [2.24, 2.45) is 0 Å². The zero-order valence-corrected chi connectivity index (χ0v) is 16.9. The smallest absolute Gasteiger partial charge is 0.336 e. The number of alkyl halides is 3. The molecular weight excluding hydrogens is 419 g/mol. The highest BCUT2D eigenvalue weighted by Crippen LogP contribution is 2.19. The van der Waals surface area contributed by atoms with Crippen LogP contribution in [0.25, 0.3) is 0 Å². The topological polar surface area (TPSA) is 69.7 Å². The number of nitrogens with one attached hydrogen (secondary N) is 1. The minimum atomic E-state index is -4.28. The van der Waals surface area contributed by atoms with Gasteiger partial charge in [-0.3, -0.25) is 9.69 Å². The maximum Gasteiger partial charge on any atom is 0.401 e. The summed E-state index contributed by atoms with van der Waals surface area (Å²) in [6, 6.07) is 14.7. The lowest BCUT2D eigenvalue weighted by atomic mass is 10.2. The molecule has 1 heterocycles. The van der Waals surface area contributed by atoms with Crippen LogP contribution in [0.1, 0.15) is 15.9 Å². The molecule has 0 saturated carbocycles. The number of sulfonamides is 1. The fourth-order valence-electron chi connectivity index (χ4n) is 3.20. The van der Waals surface area contributed by atoms with Gasteiger partial charge >= 0.3 is 6.18 Å². The Labute approximate surface area is 173 Å². The van der Waals surface area contributed by atoms with E-state index in [0.717, 1.165) is 5.56 Å². The van der Waals surface area contributed by atoms with Crippen molar-refractivity contribution in [1.82, 2.24) is 14.5 Å². The maximum absolute atomic E-state index is 12.7. The van der Waals surface area contributed by atoms with Crippen molar-refractivity contribution in [2.45, 2.75) is 17.6 Å². The lowest BCUT2D eigenvalue weighted by Gasteiger charge is -2.35. The van der Waals surface area contributed by atoms with Crippen molar-refractivity contribution < 1.29 is 26.4 Å². The molecule has 0 aliphatic carbocycles. The van der Waals surface area contributed by atoms with E-state index in [-0.39, 0.29) is 43.2 Å². The third-order valence-corrected chi connectivity index (χ3v) is 6.16. The van der Waals surface area contributed by atoms with E-state index >= 15 is 0 Å². The molecule has 0 radical (unpaired) electrons. The van der Waals surface area contributed by atoms with Crippen molar-refractivity contribution in [1.29, 1.82) is 0 Å². The standard InChI is InChI=1S/C20H22F3N3O3S/c21-20(22,23)15-25-9-11-26(12-10-25)19(27)17-7-4-8-18(13-17)30(28,29)24-14-16-5-2-1-3-6-16/h1-8,13,24H,9-12,14-15H2. The van der Waals surface area contributed by atoms with Crippen molar-refractivity contribution in [3.63, 3.8) is 0 Å². The first-order valence-corrected chi connectivity index (χ1v) is 10.8. The molecule has 1 aliphatic heterocycles. The average Bonchev–Trinajstić information content (AvgIpc) is 2.72. The first kappa shape index (κ1) is 22.3. The Kier molecular flexibility index (Phi) is 6.79. The normalized spacial score (nSPS) is 15.9. The molecule has 6 nitrogen and oxygen atoms in total. The minimum absolute atomic E-state index is 0.0417. The number of hydrogen-bond donors (Lipinski definition) is 1. The molecule has 1 amide bonds. The predicted molar refractivity (Wildman–Crippen MR) is 105 cm³/mol. The molecule has 0 aromatic heterocycles. The second-order valence-electron chi connectivity index (χ2n) is 7.02. The van der Waals surface area contributed by atoms with Gasteiger partial charge in [-0.05, 0) is 23.8 Å². The highest BCUT2D eigenvalue weighted by molar-refractivity contribution is 7.89.